The van der Waals surface area contributed by atoms with Gasteiger partial charge in [-0.1, -0.05) is 17.7 Å². The summed E-state index contributed by atoms with van der Waals surface area (Å²) in [6, 6.07) is 3.36. The third-order valence-electron chi connectivity index (χ3n) is 3.11. The second-order valence-electron chi connectivity index (χ2n) is 4.97. The highest BCUT2D eigenvalue weighted by molar-refractivity contribution is 6.32. The van der Waals surface area contributed by atoms with Crippen molar-refractivity contribution in [1.29, 1.82) is 0 Å². The lowest BCUT2D eigenvalue weighted by molar-refractivity contribution is -0.150. The summed E-state index contributed by atoms with van der Waals surface area (Å²) in [5.41, 5.74) is 0.657. The van der Waals surface area contributed by atoms with E-state index in [1.807, 2.05) is 0 Å². The zero-order valence-corrected chi connectivity index (χ0v) is 14.0. The normalized spacial score (nSPS) is 14.1. The summed E-state index contributed by atoms with van der Waals surface area (Å²) in [6.07, 6.45) is 3.39. The molecular weight excluding hydrogens is 334 g/mol. The maximum atomic E-state index is 11.8. The molecule has 1 atom stereocenters. The van der Waals surface area contributed by atoms with E-state index >= 15 is 0 Å². The van der Waals surface area contributed by atoms with Gasteiger partial charge in [-0.25, -0.2) is 4.79 Å². The highest BCUT2D eigenvalue weighted by atomic mass is 35.5. The Labute approximate surface area is 145 Å². The van der Waals surface area contributed by atoms with Crippen LogP contribution >= 0.6 is 11.6 Å². The molecule has 1 heterocycles. The van der Waals surface area contributed by atoms with Crippen LogP contribution in [-0.4, -0.2) is 37.7 Å². The molecule has 0 saturated carbocycles. The Balaban J connectivity index is 1.97. The van der Waals surface area contributed by atoms with E-state index in [9.17, 15) is 9.59 Å². The molecule has 1 amide bonds. The lowest BCUT2D eigenvalue weighted by atomic mass is 10.2. The number of halogens is 1. The van der Waals surface area contributed by atoms with Crippen LogP contribution in [0.2, 0.25) is 5.02 Å². The number of hydrogen-bond donors (Lipinski definition) is 1. The summed E-state index contributed by atoms with van der Waals surface area (Å²) < 4.78 is 15.9. The highest BCUT2D eigenvalue weighted by Gasteiger charge is 2.17. The van der Waals surface area contributed by atoms with E-state index in [1.165, 1.54) is 25.2 Å². The summed E-state index contributed by atoms with van der Waals surface area (Å²) in [6.45, 7) is 6.18. The minimum absolute atomic E-state index is 0.312. The number of carbonyl (C=O) groups excluding carboxylic acids is 2. The van der Waals surface area contributed by atoms with Gasteiger partial charge in [0.15, 0.2) is 17.6 Å². The molecule has 0 fully saturated rings. The monoisotopic (exact) mass is 351 g/mol. The Bertz CT molecular complexity index is 671. The van der Waals surface area contributed by atoms with Crippen LogP contribution in [0, 0.1) is 0 Å². The second-order valence-corrected chi connectivity index (χ2v) is 5.38. The zero-order valence-electron chi connectivity index (χ0n) is 13.2. The Morgan fingerprint density at radius 2 is 2.17 bits per heavy atom. The molecule has 6 nitrogen and oxygen atoms in total. The van der Waals surface area contributed by atoms with Crippen molar-refractivity contribution < 1.29 is 23.8 Å². The van der Waals surface area contributed by atoms with Gasteiger partial charge in [-0.3, -0.25) is 4.79 Å². The van der Waals surface area contributed by atoms with Gasteiger partial charge in [0.1, 0.15) is 13.2 Å². The topological polar surface area (TPSA) is 73.9 Å². The minimum atomic E-state index is -0.897. The van der Waals surface area contributed by atoms with Crippen LogP contribution in [0.3, 0.4) is 0 Å². The average molecular weight is 352 g/mol. The van der Waals surface area contributed by atoms with Gasteiger partial charge in [0.25, 0.3) is 5.91 Å². The zero-order chi connectivity index (χ0) is 17.5. The van der Waals surface area contributed by atoms with Gasteiger partial charge in [-0.05, 0) is 30.7 Å². The molecule has 0 bridgehead atoms. The van der Waals surface area contributed by atoms with Crippen molar-refractivity contribution in [2.75, 3.05) is 19.8 Å². The predicted molar refractivity (Wildman–Crippen MR) is 90.2 cm³/mol. The van der Waals surface area contributed by atoms with E-state index in [4.69, 9.17) is 25.8 Å². The summed E-state index contributed by atoms with van der Waals surface area (Å²) in [4.78, 5) is 23.4. The molecule has 1 aliphatic heterocycles. The third kappa shape index (κ3) is 4.76. The minimum Gasteiger partial charge on any atom is -0.486 e. The number of carbonyl (C=O) groups is 2. The fourth-order valence-corrected chi connectivity index (χ4v) is 2.25. The first-order valence-corrected chi connectivity index (χ1v) is 7.75. The first-order chi connectivity index (χ1) is 11.5. The van der Waals surface area contributed by atoms with Crippen molar-refractivity contribution in [3.05, 3.63) is 41.4 Å². The van der Waals surface area contributed by atoms with Crippen molar-refractivity contribution in [2.45, 2.75) is 13.0 Å². The number of hydrogen-bond acceptors (Lipinski definition) is 5. The molecule has 2 rings (SSSR count). The first kappa shape index (κ1) is 17.9. The summed E-state index contributed by atoms with van der Waals surface area (Å²) >= 11 is 6.12. The second kappa shape index (κ2) is 8.40. The molecule has 24 heavy (non-hydrogen) atoms. The maximum absolute atomic E-state index is 11.8. The molecule has 0 unspecified atom stereocenters. The van der Waals surface area contributed by atoms with Crippen LogP contribution in [0.1, 0.15) is 12.5 Å². The molecule has 0 saturated heterocycles. The first-order valence-electron chi connectivity index (χ1n) is 7.37. The van der Waals surface area contributed by atoms with E-state index in [0.29, 0.717) is 41.8 Å². The van der Waals surface area contributed by atoms with Crippen molar-refractivity contribution >= 4 is 29.6 Å². The van der Waals surface area contributed by atoms with Crippen LogP contribution in [0.15, 0.2) is 30.9 Å². The quantitative estimate of drug-likeness (QED) is 0.484. The molecule has 1 aromatic carbocycles. The van der Waals surface area contributed by atoms with Gasteiger partial charge < -0.3 is 19.5 Å². The Hall–Kier alpha value is -2.47. The molecule has 0 radical (unpaired) electrons. The van der Waals surface area contributed by atoms with Crippen LogP contribution in [0.4, 0.5) is 0 Å². The number of rotatable bonds is 6. The maximum Gasteiger partial charge on any atom is 0.331 e. The summed E-state index contributed by atoms with van der Waals surface area (Å²) in [7, 11) is 0. The van der Waals surface area contributed by atoms with E-state index in [-0.39, 0.29) is 5.91 Å². The molecule has 7 heteroatoms. The standard InChI is InChI=1S/C17H18ClNO5/c1-3-6-19-17(21)11(2)24-15(20)5-4-12-9-13(18)16-14(10-12)22-7-8-23-16/h3-5,9-11H,1,6-8H2,2H3,(H,19,21)/b5-4+/t11-/m1/s1. The molecule has 0 spiro atoms. The van der Waals surface area contributed by atoms with Gasteiger partial charge in [-0.2, -0.15) is 0 Å². The Kier molecular flexibility index (Phi) is 6.26. The smallest absolute Gasteiger partial charge is 0.331 e. The van der Waals surface area contributed by atoms with Crippen molar-refractivity contribution in [1.82, 2.24) is 5.32 Å². The SMILES string of the molecule is C=CCNC(=O)[C@@H](C)OC(=O)/C=C/c1cc(Cl)c2c(c1)OCCO2. The number of nitrogens with one attached hydrogen (secondary N) is 1. The number of amides is 1. The number of ether oxygens (including phenoxy) is 3. The molecule has 1 aliphatic rings. The third-order valence-corrected chi connectivity index (χ3v) is 3.39. The summed E-state index contributed by atoms with van der Waals surface area (Å²) in [5.74, 6) is -0.00428. The van der Waals surface area contributed by atoms with Gasteiger partial charge >= 0.3 is 5.97 Å². The highest BCUT2D eigenvalue weighted by Crippen LogP contribution is 2.38. The molecule has 1 N–H and O–H groups in total. The summed E-state index contributed by atoms with van der Waals surface area (Å²) in [5, 5.41) is 2.95. The number of fused-ring (bicyclic) bond motifs is 1. The lowest BCUT2D eigenvalue weighted by Crippen LogP contribution is -2.35. The fourth-order valence-electron chi connectivity index (χ4n) is 1.97. The van der Waals surface area contributed by atoms with E-state index in [2.05, 4.69) is 11.9 Å². The average Bonchev–Trinajstić information content (AvgIpc) is 2.57. The Morgan fingerprint density at radius 1 is 1.42 bits per heavy atom. The van der Waals surface area contributed by atoms with Crippen LogP contribution < -0.4 is 14.8 Å². The predicted octanol–water partition coefficient (Wildman–Crippen LogP) is 2.36. The van der Waals surface area contributed by atoms with Crippen molar-refractivity contribution in [3.63, 3.8) is 0 Å². The van der Waals surface area contributed by atoms with E-state index in [1.54, 1.807) is 12.1 Å². The van der Waals surface area contributed by atoms with E-state index in [0.717, 1.165) is 0 Å². The molecule has 0 aromatic heterocycles. The molecular formula is C17H18ClNO5. The Morgan fingerprint density at radius 3 is 2.92 bits per heavy atom. The number of esters is 1. The van der Waals surface area contributed by atoms with Crippen LogP contribution in [0.25, 0.3) is 6.08 Å². The fraction of sp³-hybridized carbons (Fsp3) is 0.294. The van der Waals surface area contributed by atoms with Crippen LogP contribution in [-0.2, 0) is 14.3 Å². The van der Waals surface area contributed by atoms with E-state index < -0.39 is 12.1 Å². The van der Waals surface area contributed by atoms with Gasteiger partial charge in [0.05, 0.1) is 5.02 Å². The molecule has 128 valence electrons. The largest absolute Gasteiger partial charge is 0.486 e. The lowest BCUT2D eigenvalue weighted by Gasteiger charge is -2.19. The van der Waals surface area contributed by atoms with Crippen molar-refractivity contribution in [3.8, 4) is 11.5 Å². The van der Waals surface area contributed by atoms with Crippen molar-refractivity contribution in [2.24, 2.45) is 0 Å². The van der Waals surface area contributed by atoms with Gasteiger partial charge in [0, 0.05) is 12.6 Å². The molecule has 0 aliphatic carbocycles. The molecule has 1 aromatic rings. The number of benzene rings is 1. The van der Waals surface area contributed by atoms with Gasteiger partial charge in [0.2, 0.25) is 0 Å². The van der Waals surface area contributed by atoms with Gasteiger partial charge in [-0.15, -0.1) is 6.58 Å². The van der Waals surface area contributed by atoms with Crippen LogP contribution in [0.5, 0.6) is 11.5 Å².